The molecule has 0 saturated heterocycles. The van der Waals surface area contributed by atoms with E-state index in [1.54, 1.807) is 0 Å². The number of aryl methyl sites for hydroxylation is 1. The zero-order valence-corrected chi connectivity index (χ0v) is 11.4. The van der Waals surface area contributed by atoms with Crippen molar-refractivity contribution in [1.29, 1.82) is 0 Å². The van der Waals surface area contributed by atoms with Gasteiger partial charge in [-0.05, 0) is 53.2 Å². The van der Waals surface area contributed by atoms with E-state index in [9.17, 15) is 0 Å². The van der Waals surface area contributed by atoms with Crippen LogP contribution in [-0.4, -0.2) is 0 Å². The number of anilines is 2. The van der Waals surface area contributed by atoms with Gasteiger partial charge in [-0.2, -0.15) is 0 Å². The Morgan fingerprint density at radius 2 is 2.12 bits per heavy atom. The fourth-order valence-electron chi connectivity index (χ4n) is 1.44. The molecular formula is C12H13BrN2S. The lowest BCUT2D eigenvalue weighted by molar-refractivity contribution is 1.19. The third-order valence-electron chi connectivity index (χ3n) is 2.24. The van der Waals surface area contributed by atoms with Crippen LogP contribution in [0.2, 0.25) is 0 Å². The molecule has 3 N–H and O–H groups in total. The third kappa shape index (κ3) is 2.77. The number of rotatable bonds is 3. The summed E-state index contributed by atoms with van der Waals surface area (Å²) in [6, 6.07) is 10.1. The van der Waals surface area contributed by atoms with Crippen LogP contribution in [0, 0.1) is 6.92 Å². The minimum Gasteiger partial charge on any atom is -0.399 e. The number of hydrogen-bond acceptors (Lipinski definition) is 3. The van der Waals surface area contributed by atoms with Crippen molar-refractivity contribution >= 4 is 38.6 Å². The van der Waals surface area contributed by atoms with Crippen LogP contribution in [0.5, 0.6) is 0 Å². The lowest BCUT2D eigenvalue weighted by Gasteiger charge is -2.07. The van der Waals surface area contributed by atoms with Gasteiger partial charge in [0.15, 0.2) is 0 Å². The predicted molar refractivity (Wildman–Crippen MR) is 74.9 cm³/mol. The van der Waals surface area contributed by atoms with Crippen molar-refractivity contribution in [3.05, 3.63) is 44.6 Å². The summed E-state index contributed by atoms with van der Waals surface area (Å²) in [6.45, 7) is 2.97. The summed E-state index contributed by atoms with van der Waals surface area (Å²) < 4.78 is 1.00. The molecule has 16 heavy (non-hydrogen) atoms. The molecule has 1 aromatic heterocycles. The quantitative estimate of drug-likeness (QED) is 0.840. The van der Waals surface area contributed by atoms with Crippen molar-refractivity contribution in [2.24, 2.45) is 0 Å². The molecule has 0 radical (unpaired) electrons. The first-order valence-electron chi connectivity index (χ1n) is 4.99. The van der Waals surface area contributed by atoms with Crippen LogP contribution in [0.1, 0.15) is 9.75 Å². The number of halogens is 1. The van der Waals surface area contributed by atoms with Crippen molar-refractivity contribution in [1.82, 2.24) is 0 Å². The van der Waals surface area contributed by atoms with Gasteiger partial charge in [0.05, 0.1) is 0 Å². The van der Waals surface area contributed by atoms with Crippen LogP contribution >= 0.6 is 27.3 Å². The highest BCUT2D eigenvalue weighted by Gasteiger charge is 2.01. The molecule has 0 atom stereocenters. The van der Waals surface area contributed by atoms with Crippen LogP contribution in [0.4, 0.5) is 11.4 Å². The number of nitrogen functional groups attached to an aromatic ring is 1. The minimum absolute atomic E-state index is 0.768. The van der Waals surface area contributed by atoms with E-state index in [-0.39, 0.29) is 0 Å². The second-order valence-electron chi connectivity index (χ2n) is 3.61. The van der Waals surface area contributed by atoms with Crippen molar-refractivity contribution in [3.63, 3.8) is 0 Å². The SMILES string of the molecule is Cc1ccc(CNc2ccc(N)cc2Br)s1. The number of hydrogen-bond donors (Lipinski definition) is 2. The van der Waals surface area contributed by atoms with Crippen molar-refractivity contribution in [2.75, 3.05) is 11.1 Å². The van der Waals surface area contributed by atoms with Gasteiger partial charge in [-0.1, -0.05) is 0 Å². The molecule has 0 aliphatic heterocycles. The monoisotopic (exact) mass is 296 g/mol. The molecule has 0 aliphatic rings. The molecule has 0 bridgehead atoms. The van der Waals surface area contributed by atoms with E-state index in [1.165, 1.54) is 9.75 Å². The summed E-state index contributed by atoms with van der Waals surface area (Å²) in [6.07, 6.45) is 0. The van der Waals surface area contributed by atoms with E-state index in [1.807, 2.05) is 29.5 Å². The van der Waals surface area contributed by atoms with Gasteiger partial charge in [0.2, 0.25) is 0 Å². The number of thiophene rings is 1. The van der Waals surface area contributed by atoms with Gasteiger partial charge < -0.3 is 11.1 Å². The molecule has 2 aromatic rings. The summed E-state index contributed by atoms with van der Waals surface area (Å²) in [5.41, 5.74) is 7.52. The highest BCUT2D eigenvalue weighted by atomic mass is 79.9. The zero-order valence-electron chi connectivity index (χ0n) is 8.96. The van der Waals surface area contributed by atoms with E-state index in [0.29, 0.717) is 0 Å². The average molecular weight is 297 g/mol. The predicted octanol–water partition coefficient (Wildman–Crippen LogP) is 4.01. The maximum atomic E-state index is 5.68. The van der Waals surface area contributed by atoms with Crippen molar-refractivity contribution in [2.45, 2.75) is 13.5 Å². The number of nitrogens with one attached hydrogen (secondary N) is 1. The van der Waals surface area contributed by atoms with Crippen LogP contribution in [0.15, 0.2) is 34.8 Å². The lowest BCUT2D eigenvalue weighted by Crippen LogP contribution is -1.98. The Labute approximate surface area is 108 Å². The molecule has 1 heterocycles. The van der Waals surface area contributed by atoms with Crippen LogP contribution in [0.25, 0.3) is 0 Å². The van der Waals surface area contributed by atoms with Crippen molar-refractivity contribution < 1.29 is 0 Å². The van der Waals surface area contributed by atoms with Crippen LogP contribution in [0.3, 0.4) is 0 Å². The second kappa shape index (κ2) is 4.89. The van der Waals surface area contributed by atoms with Gasteiger partial charge >= 0.3 is 0 Å². The third-order valence-corrected chi connectivity index (χ3v) is 3.90. The van der Waals surface area contributed by atoms with E-state index in [0.717, 1.165) is 22.4 Å². The van der Waals surface area contributed by atoms with Gasteiger partial charge in [-0.25, -0.2) is 0 Å². The van der Waals surface area contributed by atoms with Crippen molar-refractivity contribution in [3.8, 4) is 0 Å². The molecule has 0 aliphatic carbocycles. The molecule has 2 rings (SSSR count). The maximum absolute atomic E-state index is 5.68. The first kappa shape index (κ1) is 11.5. The Hall–Kier alpha value is -1.000. The van der Waals surface area contributed by atoms with Gasteiger partial charge in [0, 0.05) is 32.1 Å². The van der Waals surface area contributed by atoms with Crippen LogP contribution < -0.4 is 11.1 Å². The molecule has 84 valence electrons. The summed E-state index contributed by atoms with van der Waals surface area (Å²) >= 11 is 5.30. The summed E-state index contributed by atoms with van der Waals surface area (Å²) in [5.74, 6) is 0. The molecule has 2 nitrogen and oxygen atoms in total. The molecule has 0 fully saturated rings. The van der Waals surface area contributed by atoms with E-state index < -0.39 is 0 Å². The van der Waals surface area contributed by atoms with E-state index in [2.05, 4.69) is 40.3 Å². The molecule has 0 unspecified atom stereocenters. The Bertz CT molecular complexity index is 494. The van der Waals surface area contributed by atoms with Gasteiger partial charge in [-0.3, -0.25) is 0 Å². The topological polar surface area (TPSA) is 38.0 Å². The van der Waals surface area contributed by atoms with Gasteiger partial charge in [0.25, 0.3) is 0 Å². The number of benzene rings is 1. The summed E-state index contributed by atoms with van der Waals surface area (Å²) in [5, 5.41) is 3.38. The molecule has 0 spiro atoms. The Balaban J connectivity index is 2.04. The zero-order chi connectivity index (χ0) is 11.5. The molecule has 0 amide bonds. The fraction of sp³-hybridized carbons (Fsp3) is 0.167. The Morgan fingerprint density at radius 3 is 2.75 bits per heavy atom. The summed E-state index contributed by atoms with van der Waals surface area (Å²) in [7, 11) is 0. The Morgan fingerprint density at radius 1 is 1.31 bits per heavy atom. The Kier molecular flexibility index (Phi) is 3.51. The first-order chi connectivity index (χ1) is 7.65. The molecule has 1 aromatic carbocycles. The molecule has 0 saturated carbocycles. The number of nitrogens with two attached hydrogens (primary N) is 1. The first-order valence-corrected chi connectivity index (χ1v) is 6.60. The van der Waals surface area contributed by atoms with E-state index in [4.69, 9.17) is 5.73 Å². The smallest absolute Gasteiger partial charge is 0.0494 e. The van der Waals surface area contributed by atoms with Gasteiger partial charge in [0.1, 0.15) is 0 Å². The maximum Gasteiger partial charge on any atom is 0.0494 e. The molecule has 4 heteroatoms. The van der Waals surface area contributed by atoms with Crippen LogP contribution in [-0.2, 0) is 6.54 Å². The van der Waals surface area contributed by atoms with Gasteiger partial charge in [-0.15, -0.1) is 11.3 Å². The second-order valence-corrected chi connectivity index (χ2v) is 5.83. The standard InChI is InChI=1S/C12H13BrN2S/c1-8-2-4-10(16-8)7-15-12-5-3-9(14)6-11(12)13/h2-6,15H,7,14H2,1H3. The molecular weight excluding hydrogens is 284 g/mol. The fourth-order valence-corrected chi connectivity index (χ4v) is 2.80. The largest absolute Gasteiger partial charge is 0.399 e. The lowest BCUT2D eigenvalue weighted by atomic mass is 10.3. The summed E-state index contributed by atoms with van der Waals surface area (Å²) in [4.78, 5) is 2.68. The van der Waals surface area contributed by atoms with E-state index >= 15 is 0 Å². The average Bonchev–Trinajstić information content (AvgIpc) is 2.63. The minimum atomic E-state index is 0.768. The highest BCUT2D eigenvalue weighted by molar-refractivity contribution is 9.10. The normalized spacial score (nSPS) is 10.4. The highest BCUT2D eigenvalue weighted by Crippen LogP contribution is 2.25.